The number of fused-ring (bicyclic) bond motifs is 1. The Hall–Kier alpha value is -1.97. The van der Waals surface area contributed by atoms with Crippen LogP contribution in [0.15, 0.2) is 0 Å². The molecule has 2 aliphatic rings. The van der Waals surface area contributed by atoms with E-state index in [4.69, 9.17) is 18.9 Å². The van der Waals surface area contributed by atoms with Gasteiger partial charge in [-0.2, -0.15) is 0 Å². The first-order valence-corrected chi connectivity index (χ1v) is 9.72. The summed E-state index contributed by atoms with van der Waals surface area (Å²) < 4.78 is 19.2. The molecule has 2 heterocycles. The van der Waals surface area contributed by atoms with Crippen LogP contribution in [0, 0.1) is 0 Å². The van der Waals surface area contributed by atoms with Gasteiger partial charge in [0.05, 0.1) is 23.1 Å². The van der Waals surface area contributed by atoms with E-state index in [1.807, 2.05) is 6.92 Å². The van der Waals surface area contributed by atoms with E-state index in [1.165, 1.54) is 30.5 Å². The molecule has 0 aliphatic carbocycles. The average Bonchev–Trinajstić information content (AvgIpc) is 2.81. The normalized spacial score (nSPS) is 27.3. The van der Waals surface area contributed by atoms with Crippen LogP contribution in [0.2, 0.25) is 0 Å². The standard InChI is InChI=1S/C17H25NO8S/c1-5-6-7-23-16(22)26-11(3)25-15(21)14-17(4,9-24-10(2)19)27-13-8-12(20)18(13)14/h11,13-14H,5-9H2,1-4H3/t11?,13-,14+,17+/m1/s1. The predicted molar refractivity (Wildman–Crippen MR) is 94.6 cm³/mol. The highest BCUT2D eigenvalue weighted by molar-refractivity contribution is 8.01. The van der Waals surface area contributed by atoms with Crippen LogP contribution in [0.4, 0.5) is 4.79 Å². The summed E-state index contributed by atoms with van der Waals surface area (Å²) in [5, 5.41) is -0.161. The lowest BCUT2D eigenvalue weighted by Crippen LogP contribution is -2.59. The van der Waals surface area contributed by atoms with Gasteiger partial charge in [-0.25, -0.2) is 9.59 Å². The van der Waals surface area contributed by atoms with Gasteiger partial charge in [-0.15, -0.1) is 11.8 Å². The van der Waals surface area contributed by atoms with E-state index >= 15 is 0 Å². The van der Waals surface area contributed by atoms with E-state index in [9.17, 15) is 19.2 Å². The van der Waals surface area contributed by atoms with Crippen molar-refractivity contribution in [3.05, 3.63) is 0 Å². The summed E-state index contributed by atoms with van der Waals surface area (Å²) in [5.41, 5.74) is 0. The van der Waals surface area contributed by atoms with Crippen molar-refractivity contribution in [2.45, 2.75) is 69.4 Å². The average molecular weight is 403 g/mol. The molecule has 0 aromatic carbocycles. The molecule has 0 bridgehead atoms. The van der Waals surface area contributed by atoms with Crippen molar-refractivity contribution in [2.24, 2.45) is 0 Å². The van der Waals surface area contributed by atoms with Gasteiger partial charge in [0, 0.05) is 13.8 Å². The second-order valence-electron chi connectivity index (χ2n) is 6.65. The minimum absolute atomic E-state index is 0.0403. The Balaban J connectivity index is 1.97. The van der Waals surface area contributed by atoms with E-state index in [0.29, 0.717) is 12.8 Å². The summed E-state index contributed by atoms with van der Waals surface area (Å²) in [7, 11) is 0. The van der Waals surface area contributed by atoms with Crippen molar-refractivity contribution in [1.29, 1.82) is 0 Å². The number of carbonyl (C=O) groups excluding carboxylic acids is 4. The Morgan fingerprint density at radius 1 is 1.30 bits per heavy atom. The Morgan fingerprint density at radius 2 is 2.00 bits per heavy atom. The molecule has 10 heteroatoms. The molecule has 1 amide bonds. The maximum absolute atomic E-state index is 12.7. The monoisotopic (exact) mass is 403 g/mol. The third-order valence-electron chi connectivity index (χ3n) is 4.26. The fourth-order valence-corrected chi connectivity index (χ4v) is 4.59. The molecule has 0 aromatic heterocycles. The fourth-order valence-electron chi connectivity index (χ4n) is 2.92. The van der Waals surface area contributed by atoms with Crippen molar-refractivity contribution in [2.75, 3.05) is 13.2 Å². The predicted octanol–water partition coefficient (Wildman–Crippen LogP) is 1.82. The molecule has 0 radical (unpaired) electrons. The second kappa shape index (κ2) is 8.81. The summed E-state index contributed by atoms with van der Waals surface area (Å²) >= 11 is 1.39. The number of esters is 2. The van der Waals surface area contributed by atoms with Gasteiger partial charge in [-0.3, -0.25) is 9.59 Å². The van der Waals surface area contributed by atoms with E-state index in [-0.39, 0.29) is 24.5 Å². The van der Waals surface area contributed by atoms with Gasteiger partial charge in [0.25, 0.3) is 0 Å². The molecule has 2 rings (SSSR count). The minimum atomic E-state index is -1.18. The van der Waals surface area contributed by atoms with E-state index < -0.39 is 35.2 Å². The molecule has 0 spiro atoms. The van der Waals surface area contributed by atoms with Gasteiger partial charge in [0.15, 0.2) is 0 Å². The minimum Gasteiger partial charge on any atom is -0.464 e. The van der Waals surface area contributed by atoms with Crippen LogP contribution in [0.3, 0.4) is 0 Å². The van der Waals surface area contributed by atoms with Crippen molar-refractivity contribution >= 4 is 35.8 Å². The van der Waals surface area contributed by atoms with Gasteiger partial charge in [0.2, 0.25) is 12.2 Å². The summed E-state index contributed by atoms with van der Waals surface area (Å²) in [6.45, 7) is 6.54. The number of unbranched alkanes of at least 4 members (excludes halogenated alkanes) is 1. The van der Waals surface area contributed by atoms with Crippen molar-refractivity contribution in [3.8, 4) is 0 Å². The summed E-state index contributed by atoms with van der Waals surface area (Å²) in [5.74, 6) is -1.37. The van der Waals surface area contributed by atoms with Crippen LogP contribution in [0.25, 0.3) is 0 Å². The smallest absolute Gasteiger partial charge is 0.464 e. The van der Waals surface area contributed by atoms with Gasteiger partial charge in [-0.05, 0) is 13.3 Å². The molecule has 2 aliphatic heterocycles. The Bertz CT molecular complexity index is 612. The number of carbonyl (C=O) groups is 4. The fraction of sp³-hybridized carbons (Fsp3) is 0.765. The Labute approximate surface area is 162 Å². The Morgan fingerprint density at radius 3 is 2.59 bits per heavy atom. The molecule has 0 aromatic rings. The molecular formula is C17H25NO8S. The van der Waals surface area contributed by atoms with Gasteiger partial charge >= 0.3 is 18.1 Å². The number of nitrogens with zero attached hydrogens (tertiary/aromatic N) is 1. The van der Waals surface area contributed by atoms with Crippen LogP contribution in [0.1, 0.15) is 47.0 Å². The largest absolute Gasteiger partial charge is 0.511 e. The summed E-state index contributed by atoms with van der Waals surface area (Å²) in [6.07, 6.45) is -0.214. The van der Waals surface area contributed by atoms with E-state index in [1.54, 1.807) is 6.92 Å². The van der Waals surface area contributed by atoms with Gasteiger partial charge in [-0.1, -0.05) is 13.3 Å². The topological polar surface area (TPSA) is 108 Å². The lowest BCUT2D eigenvalue weighted by Gasteiger charge is -2.37. The quantitative estimate of drug-likeness (QED) is 0.197. The SMILES string of the molecule is CCCCOC(=O)OC(C)OC(=O)[C@@H]1N2C(=O)C[C@H]2S[C@@]1(C)COC(C)=O. The number of ether oxygens (including phenoxy) is 4. The lowest BCUT2D eigenvalue weighted by molar-refractivity contribution is -0.180. The number of hydrogen-bond acceptors (Lipinski definition) is 9. The maximum Gasteiger partial charge on any atom is 0.511 e. The van der Waals surface area contributed by atoms with E-state index in [0.717, 1.165) is 6.42 Å². The first-order chi connectivity index (χ1) is 12.7. The van der Waals surface area contributed by atoms with Crippen LogP contribution in [-0.4, -0.2) is 64.6 Å². The van der Waals surface area contributed by atoms with Gasteiger partial charge < -0.3 is 23.8 Å². The molecule has 27 heavy (non-hydrogen) atoms. The first-order valence-electron chi connectivity index (χ1n) is 8.84. The molecule has 2 saturated heterocycles. The molecule has 9 nitrogen and oxygen atoms in total. The second-order valence-corrected chi connectivity index (χ2v) is 8.36. The maximum atomic E-state index is 12.7. The number of thioether (sulfide) groups is 1. The molecule has 152 valence electrons. The number of rotatable bonds is 8. The molecule has 4 atom stereocenters. The lowest BCUT2D eigenvalue weighted by atomic mass is 9.97. The molecular weight excluding hydrogens is 378 g/mol. The van der Waals surface area contributed by atoms with Crippen molar-refractivity contribution in [3.63, 3.8) is 0 Å². The molecule has 1 unspecified atom stereocenters. The van der Waals surface area contributed by atoms with Gasteiger partial charge in [0.1, 0.15) is 12.6 Å². The summed E-state index contributed by atoms with van der Waals surface area (Å²) in [6, 6.07) is -0.935. The third-order valence-corrected chi connectivity index (χ3v) is 5.80. The van der Waals surface area contributed by atoms with Crippen molar-refractivity contribution < 1.29 is 38.1 Å². The van der Waals surface area contributed by atoms with Crippen LogP contribution < -0.4 is 0 Å². The van der Waals surface area contributed by atoms with Crippen LogP contribution in [0.5, 0.6) is 0 Å². The first kappa shape index (κ1) is 21.3. The van der Waals surface area contributed by atoms with Crippen LogP contribution >= 0.6 is 11.8 Å². The molecule has 0 N–H and O–H groups in total. The van der Waals surface area contributed by atoms with Crippen LogP contribution in [-0.2, 0) is 33.3 Å². The third kappa shape index (κ3) is 5.06. The highest BCUT2D eigenvalue weighted by Gasteiger charge is 2.61. The van der Waals surface area contributed by atoms with Crippen molar-refractivity contribution in [1.82, 2.24) is 4.90 Å². The zero-order valence-corrected chi connectivity index (χ0v) is 16.7. The van der Waals surface area contributed by atoms with E-state index in [2.05, 4.69) is 0 Å². The zero-order valence-electron chi connectivity index (χ0n) is 15.9. The highest BCUT2D eigenvalue weighted by atomic mass is 32.2. The highest BCUT2D eigenvalue weighted by Crippen LogP contribution is 2.51. The number of hydrogen-bond donors (Lipinski definition) is 0. The molecule has 0 saturated carbocycles. The summed E-state index contributed by atoms with van der Waals surface area (Å²) in [4.78, 5) is 48.8. The Kier molecular flexibility index (Phi) is 6.96. The molecule has 2 fully saturated rings. The zero-order chi connectivity index (χ0) is 20.2. The number of amides is 1. The number of β-lactam (4-membered cyclic amide) rings is 1.